The summed E-state index contributed by atoms with van der Waals surface area (Å²) in [6.45, 7) is 9.96. The van der Waals surface area contributed by atoms with Crippen molar-refractivity contribution in [2.75, 3.05) is 19.8 Å². The summed E-state index contributed by atoms with van der Waals surface area (Å²) in [7, 11) is 0. The molecule has 0 saturated carbocycles. The molecular formula is C18H30N2O4. The Bertz CT molecular complexity index is 509. The lowest BCUT2D eigenvalue weighted by Gasteiger charge is -2.40. The molecule has 0 aromatic heterocycles. The maximum absolute atomic E-state index is 12.7. The molecule has 4 heterocycles. The van der Waals surface area contributed by atoms with Crippen LogP contribution in [0.4, 0.5) is 4.79 Å². The molecule has 5 atom stereocenters. The molecular weight excluding hydrogens is 308 g/mol. The highest BCUT2D eigenvalue weighted by molar-refractivity contribution is 5.68. The van der Waals surface area contributed by atoms with Crippen LogP contribution in [0.25, 0.3) is 0 Å². The van der Waals surface area contributed by atoms with Crippen LogP contribution in [0.1, 0.15) is 59.8 Å². The molecule has 0 aromatic carbocycles. The van der Waals surface area contributed by atoms with Crippen molar-refractivity contribution < 1.29 is 19.0 Å². The largest absolute Gasteiger partial charge is 0.447 e. The van der Waals surface area contributed by atoms with Crippen molar-refractivity contribution in [2.24, 2.45) is 0 Å². The maximum Gasteiger partial charge on any atom is 0.410 e. The van der Waals surface area contributed by atoms with Crippen molar-refractivity contribution in [2.45, 2.75) is 88.9 Å². The van der Waals surface area contributed by atoms with Gasteiger partial charge in [0.1, 0.15) is 23.6 Å². The first-order valence-corrected chi connectivity index (χ1v) is 9.33. The maximum atomic E-state index is 12.7. The molecule has 1 unspecified atom stereocenters. The number of hydrogen-bond donors (Lipinski definition) is 0. The molecule has 1 amide bonds. The van der Waals surface area contributed by atoms with Crippen molar-refractivity contribution in [3.8, 4) is 0 Å². The Morgan fingerprint density at radius 2 is 1.62 bits per heavy atom. The van der Waals surface area contributed by atoms with E-state index in [9.17, 15) is 4.79 Å². The number of likely N-dealkylation sites (tertiary alicyclic amines) is 1. The Kier molecular flexibility index (Phi) is 3.68. The second kappa shape index (κ2) is 5.32. The average molecular weight is 338 g/mol. The van der Waals surface area contributed by atoms with Crippen molar-refractivity contribution in [1.82, 2.24) is 9.80 Å². The van der Waals surface area contributed by atoms with E-state index in [0.29, 0.717) is 19.8 Å². The zero-order chi connectivity index (χ0) is 17.2. The molecule has 0 aliphatic carbocycles. The molecule has 4 fully saturated rings. The van der Waals surface area contributed by atoms with Gasteiger partial charge >= 0.3 is 6.09 Å². The van der Waals surface area contributed by atoms with Gasteiger partial charge in [-0.25, -0.2) is 9.69 Å². The van der Waals surface area contributed by atoms with E-state index in [4.69, 9.17) is 14.2 Å². The SMILES string of the molecule is C[C@@H]1CCC[C@@H](C)N1C(=O)OCC12CO[C@]3(C)CC[C@](C)(OC1)N23. The lowest BCUT2D eigenvalue weighted by Crippen LogP contribution is -2.57. The smallest absolute Gasteiger partial charge is 0.410 e. The number of carbonyl (C=O) groups excluding carboxylic acids is 1. The monoisotopic (exact) mass is 338 g/mol. The predicted molar refractivity (Wildman–Crippen MR) is 88.5 cm³/mol. The van der Waals surface area contributed by atoms with Gasteiger partial charge < -0.3 is 19.1 Å². The standard InChI is InChI=1S/C18H30N2O4/c1-13-6-5-7-14(2)19(13)15(21)22-10-18-11-23-16(3)8-9-17(4,20(16)18)24-12-18/h13-14H,5-12H2,1-4H3/t13-,14-,16-,17+,18?/m1/s1. The Hall–Kier alpha value is -0.850. The van der Waals surface area contributed by atoms with Crippen molar-refractivity contribution in [1.29, 1.82) is 0 Å². The lowest BCUT2D eigenvalue weighted by atomic mass is 9.98. The molecule has 0 aromatic rings. The van der Waals surface area contributed by atoms with Gasteiger partial charge in [0.15, 0.2) is 0 Å². The van der Waals surface area contributed by atoms with Crippen LogP contribution >= 0.6 is 0 Å². The van der Waals surface area contributed by atoms with Crippen LogP contribution in [0.5, 0.6) is 0 Å². The van der Waals surface area contributed by atoms with Crippen LogP contribution in [0, 0.1) is 0 Å². The summed E-state index contributed by atoms with van der Waals surface area (Å²) < 4.78 is 18.1. The Morgan fingerprint density at radius 3 is 2.17 bits per heavy atom. The number of nitrogens with zero attached hydrogens (tertiary/aromatic N) is 2. The third-order valence-corrected chi connectivity index (χ3v) is 6.65. The van der Waals surface area contributed by atoms with Gasteiger partial charge in [-0.3, -0.25) is 0 Å². The van der Waals surface area contributed by atoms with Crippen LogP contribution in [0.2, 0.25) is 0 Å². The van der Waals surface area contributed by atoms with E-state index in [1.165, 1.54) is 6.42 Å². The highest BCUT2D eigenvalue weighted by atomic mass is 16.6. The van der Waals surface area contributed by atoms with E-state index in [0.717, 1.165) is 25.7 Å². The Morgan fingerprint density at radius 1 is 1.08 bits per heavy atom. The lowest BCUT2D eigenvalue weighted by molar-refractivity contribution is -0.125. The van der Waals surface area contributed by atoms with E-state index in [1.807, 2.05) is 4.90 Å². The van der Waals surface area contributed by atoms with Gasteiger partial charge in [0.2, 0.25) is 0 Å². The summed E-state index contributed by atoms with van der Waals surface area (Å²) in [5, 5.41) is 0. The first kappa shape index (κ1) is 16.6. The van der Waals surface area contributed by atoms with Crippen molar-refractivity contribution in [3.05, 3.63) is 0 Å². The van der Waals surface area contributed by atoms with E-state index < -0.39 is 0 Å². The first-order chi connectivity index (χ1) is 11.3. The number of amides is 1. The van der Waals surface area contributed by atoms with E-state index in [2.05, 4.69) is 32.6 Å². The fourth-order valence-corrected chi connectivity index (χ4v) is 5.41. The second-order valence-corrected chi connectivity index (χ2v) is 8.58. The fraction of sp³-hybridized carbons (Fsp3) is 0.944. The van der Waals surface area contributed by atoms with Gasteiger partial charge in [0.25, 0.3) is 0 Å². The Labute approximate surface area is 144 Å². The molecule has 24 heavy (non-hydrogen) atoms. The summed E-state index contributed by atoms with van der Waals surface area (Å²) in [6, 6.07) is 0.501. The van der Waals surface area contributed by atoms with Crippen LogP contribution in [-0.4, -0.2) is 64.8 Å². The van der Waals surface area contributed by atoms with Gasteiger partial charge in [0.05, 0.1) is 13.2 Å². The van der Waals surface area contributed by atoms with Crippen molar-refractivity contribution >= 4 is 6.09 Å². The number of ether oxygens (including phenoxy) is 3. The van der Waals surface area contributed by atoms with Gasteiger partial charge in [-0.05, 0) is 59.8 Å². The highest BCUT2D eigenvalue weighted by Gasteiger charge is 2.69. The first-order valence-electron chi connectivity index (χ1n) is 9.33. The quantitative estimate of drug-likeness (QED) is 0.775. The highest BCUT2D eigenvalue weighted by Crippen LogP contribution is 2.55. The van der Waals surface area contributed by atoms with E-state index >= 15 is 0 Å². The molecule has 136 valence electrons. The van der Waals surface area contributed by atoms with Crippen LogP contribution in [0.15, 0.2) is 0 Å². The van der Waals surface area contributed by atoms with Crippen molar-refractivity contribution in [3.63, 3.8) is 0 Å². The molecule has 4 rings (SSSR count). The second-order valence-electron chi connectivity index (χ2n) is 8.58. The topological polar surface area (TPSA) is 51.2 Å². The van der Waals surface area contributed by atoms with E-state index in [1.54, 1.807) is 0 Å². The van der Waals surface area contributed by atoms with Gasteiger partial charge in [-0.15, -0.1) is 0 Å². The van der Waals surface area contributed by atoms with Crippen LogP contribution in [0.3, 0.4) is 0 Å². The predicted octanol–water partition coefficient (Wildman–Crippen LogP) is 2.71. The number of hydrogen-bond acceptors (Lipinski definition) is 5. The minimum atomic E-state index is -0.335. The molecule has 4 aliphatic heterocycles. The minimum absolute atomic E-state index is 0.189. The summed E-state index contributed by atoms with van der Waals surface area (Å²) in [5.41, 5.74) is -0.912. The van der Waals surface area contributed by atoms with Gasteiger partial charge in [-0.1, -0.05) is 0 Å². The molecule has 0 spiro atoms. The summed E-state index contributed by atoms with van der Waals surface area (Å²) in [5.74, 6) is 0. The zero-order valence-electron chi connectivity index (χ0n) is 15.3. The van der Waals surface area contributed by atoms with Gasteiger partial charge in [-0.2, -0.15) is 0 Å². The molecule has 6 heteroatoms. The average Bonchev–Trinajstić information content (AvgIpc) is 3.10. The third kappa shape index (κ3) is 2.22. The zero-order valence-corrected chi connectivity index (χ0v) is 15.3. The number of carbonyl (C=O) groups is 1. The Balaban J connectivity index is 1.47. The molecule has 4 saturated heterocycles. The van der Waals surface area contributed by atoms with Crippen LogP contribution < -0.4 is 0 Å². The third-order valence-electron chi connectivity index (χ3n) is 6.65. The minimum Gasteiger partial charge on any atom is -0.447 e. The number of piperidine rings is 1. The van der Waals surface area contributed by atoms with Crippen LogP contribution in [-0.2, 0) is 14.2 Å². The molecule has 0 radical (unpaired) electrons. The summed E-state index contributed by atoms with van der Waals surface area (Å²) >= 11 is 0. The molecule has 6 nitrogen and oxygen atoms in total. The molecule has 0 bridgehead atoms. The van der Waals surface area contributed by atoms with E-state index in [-0.39, 0.29) is 35.2 Å². The summed E-state index contributed by atoms with van der Waals surface area (Å²) in [6.07, 6.45) is 5.02. The molecule has 0 N–H and O–H groups in total. The molecule has 4 aliphatic rings. The number of rotatable bonds is 2. The van der Waals surface area contributed by atoms with Gasteiger partial charge in [0, 0.05) is 12.1 Å². The summed E-state index contributed by atoms with van der Waals surface area (Å²) in [4.78, 5) is 17.0. The normalized spacial score (nSPS) is 47.9. The fourth-order valence-electron chi connectivity index (χ4n) is 5.41.